The summed E-state index contributed by atoms with van der Waals surface area (Å²) in [5.41, 5.74) is 1.69. The first-order valence-electron chi connectivity index (χ1n) is 4.01. The highest BCUT2D eigenvalue weighted by Crippen LogP contribution is 2.30. The molecule has 2 aromatic rings. The Bertz CT molecular complexity index is 428. The number of benzene rings is 1. The fraction of sp³-hybridized carbons (Fsp3) is 0.111. The Morgan fingerprint density at radius 1 is 1.43 bits per heavy atom. The molecule has 0 bridgehead atoms. The zero-order chi connectivity index (χ0) is 9.97. The van der Waals surface area contributed by atoms with Crippen LogP contribution in [-0.2, 0) is 0 Å². The van der Waals surface area contributed by atoms with Gasteiger partial charge < -0.3 is 4.74 Å². The number of methoxy groups -OCH3 is 1. The molecule has 4 nitrogen and oxygen atoms in total. The highest BCUT2D eigenvalue weighted by molar-refractivity contribution is 9.10. The molecule has 0 spiro atoms. The number of hydrogen-bond acceptors (Lipinski definition) is 3. The highest BCUT2D eigenvalue weighted by Gasteiger charge is 2.07. The van der Waals surface area contributed by atoms with Crippen LogP contribution in [-0.4, -0.2) is 22.5 Å². The van der Waals surface area contributed by atoms with Crippen LogP contribution in [0.2, 0.25) is 0 Å². The van der Waals surface area contributed by atoms with Gasteiger partial charge in [0.05, 0.1) is 13.3 Å². The first kappa shape index (κ1) is 9.21. The zero-order valence-corrected chi connectivity index (χ0v) is 9.08. The number of hydrogen-bond donors (Lipinski definition) is 1. The molecule has 0 radical (unpaired) electrons. The molecular formula is C9H8BrN3O. The molecule has 1 N–H and O–H groups in total. The maximum atomic E-state index is 5.24. The second kappa shape index (κ2) is 3.79. The van der Waals surface area contributed by atoms with E-state index in [0.717, 1.165) is 21.5 Å². The van der Waals surface area contributed by atoms with Gasteiger partial charge in [-0.2, -0.15) is 15.4 Å². The molecule has 5 heteroatoms. The van der Waals surface area contributed by atoms with Gasteiger partial charge in [0.15, 0.2) is 0 Å². The van der Waals surface area contributed by atoms with E-state index >= 15 is 0 Å². The summed E-state index contributed by atoms with van der Waals surface area (Å²) in [5.74, 6) is 0.772. The summed E-state index contributed by atoms with van der Waals surface area (Å²) in [4.78, 5) is 0. The summed E-state index contributed by atoms with van der Waals surface area (Å²) in [5, 5.41) is 10.3. The second-order valence-corrected chi connectivity index (χ2v) is 3.62. The van der Waals surface area contributed by atoms with Gasteiger partial charge in [-0.25, -0.2) is 0 Å². The molecule has 0 fully saturated rings. The van der Waals surface area contributed by atoms with Crippen molar-refractivity contribution in [2.75, 3.05) is 7.11 Å². The minimum atomic E-state index is 0.772. The Morgan fingerprint density at radius 2 is 2.29 bits per heavy atom. The van der Waals surface area contributed by atoms with Crippen molar-refractivity contribution in [3.63, 3.8) is 0 Å². The monoisotopic (exact) mass is 253 g/mol. The molecule has 1 aromatic heterocycles. The fourth-order valence-corrected chi connectivity index (χ4v) is 1.55. The Labute approximate surface area is 89.4 Å². The summed E-state index contributed by atoms with van der Waals surface area (Å²) in [6, 6.07) is 5.76. The van der Waals surface area contributed by atoms with Crippen LogP contribution >= 0.6 is 15.9 Å². The average Bonchev–Trinajstić information content (AvgIpc) is 2.70. The standard InChI is InChI=1S/C9H8BrN3O/c1-14-9-4-6(10)2-3-7(9)8-5-11-13-12-8/h2-5H,1H3,(H,11,12,13). The lowest BCUT2D eigenvalue weighted by molar-refractivity contribution is 0.416. The van der Waals surface area contributed by atoms with Crippen molar-refractivity contribution in [2.45, 2.75) is 0 Å². The van der Waals surface area contributed by atoms with Gasteiger partial charge in [0.2, 0.25) is 0 Å². The number of H-pyrrole nitrogens is 1. The van der Waals surface area contributed by atoms with Crippen molar-refractivity contribution >= 4 is 15.9 Å². The molecule has 72 valence electrons. The number of aromatic amines is 1. The normalized spacial score (nSPS) is 10.1. The van der Waals surface area contributed by atoms with Gasteiger partial charge in [-0.1, -0.05) is 15.9 Å². The predicted molar refractivity (Wildman–Crippen MR) is 56.1 cm³/mol. The second-order valence-electron chi connectivity index (χ2n) is 2.70. The molecule has 0 atom stereocenters. The first-order chi connectivity index (χ1) is 6.81. The number of halogens is 1. The molecule has 2 rings (SSSR count). The Kier molecular flexibility index (Phi) is 2.49. The molecule has 1 aromatic carbocycles. The summed E-state index contributed by atoms with van der Waals surface area (Å²) < 4.78 is 6.21. The Hall–Kier alpha value is -1.36. The lowest BCUT2D eigenvalue weighted by atomic mass is 10.1. The fourth-order valence-electron chi connectivity index (χ4n) is 1.21. The molecule has 0 unspecified atom stereocenters. The minimum absolute atomic E-state index is 0.772. The third-order valence-electron chi connectivity index (χ3n) is 1.85. The largest absolute Gasteiger partial charge is 0.496 e. The van der Waals surface area contributed by atoms with Gasteiger partial charge in [0.1, 0.15) is 11.4 Å². The summed E-state index contributed by atoms with van der Waals surface area (Å²) in [6.45, 7) is 0. The van der Waals surface area contributed by atoms with Crippen LogP contribution in [0.15, 0.2) is 28.9 Å². The molecule has 0 aliphatic carbocycles. The SMILES string of the molecule is COc1cc(Br)ccc1-c1cn[nH]n1. The number of rotatable bonds is 2. The summed E-state index contributed by atoms with van der Waals surface area (Å²) in [6.07, 6.45) is 1.66. The maximum Gasteiger partial charge on any atom is 0.129 e. The van der Waals surface area contributed by atoms with E-state index in [1.165, 1.54) is 0 Å². The van der Waals surface area contributed by atoms with Crippen LogP contribution in [0.25, 0.3) is 11.3 Å². The van der Waals surface area contributed by atoms with E-state index in [1.54, 1.807) is 13.3 Å². The molecule has 0 aliphatic heterocycles. The third-order valence-corrected chi connectivity index (χ3v) is 2.35. The number of aromatic nitrogens is 3. The van der Waals surface area contributed by atoms with Gasteiger partial charge in [-0.15, -0.1) is 0 Å². The van der Waals surface area contributed by atoms with Gasteiger partial charge in [0.25, 0.3) is 0 Å². The van der Waals surface area contributed by atoms with E-state index in [2.05, 4.69) is 31.3 Å². The summed E-state index contributed by atoms with van der Waals surface area (Å²) >= 11 is 3.38. The highest BCUT2D eigenvalue weighted by atomic mass is 79.9. The van der Waals surface area contributed by atoms with Crippen molar-refractivity contribution in [1.82, 2.24) is 15.4 Å². The lowest BCUT2D eigenvalue weighted by Crippen LogP contribution is -1.88. The molecule has 0 saturated heterocycles. The van der Waals surface area contributed by atoms with Gasteiger partial charge in [-0.3, -0.25) is 0 Å². The van der Waals surface area contributed by atoms with Gasteiger partial charge >= 0.3 is 0 Å². The zero-order valence-electron chi connectivity index (χ0n) is 7.49. The van der Waals surface area contributed by atoms with Crippen LogP contribution in [0.3, 0.4) is 0 Å². The van der Waals surface area contributed by atoms with E-state index in [1.807, 2.05) is 18.2 Å². The molecule has 0 aliphatic rings. The first-order valence-corrected chi connectivity index (χ1v) is 4.80. The predicted octanol–water partition coefficient (Wildman–Crippen LogP) is 2.24. The van der Waals surface area contributed by atoms with Crippen molar-refractivity contribution in [3.05, 3.63) is 28.9 Å². The van der Waals surface area contributed by atoms with Crippen LogP contribution in [0.5, 0.6) is 5.75 Å². The maximum absolute atomic E-state index is 5.24. The van der Waals surface area contributed by atoms with E-state index in [0.29, 0.717) is 0 Å². The molecule has 1 heterocycles. The van der Waals surface area contributed by atoms with Crippen LogP contribution in [0.1, 0.15) is 0 Å². The van der Waals surface area contributed by atoms with Crippen LogP contribution < -0.4 is 4.74 Å². The van der Waals surface area contributed by atoms with Crippen LogP contribution in [0.4, 0.5) is 0 Å². The summed E-state index contributed by atoms with van der Waals surface area (Å²) in [7, 11) is 1.63. The molecule has 0 amide bonds. The molecule has 14 heavy (non-hydrogen) atoms. The van der Waals surface area contributed by atoms with Crippen molar-refractivity contribution < 1.29 is 4.74 Å². The number of ether oxygens (including phenoxy) is 1. The van der Waals surface area contributed by atoms with Crippen LogP contribution in [0, 0.1) is 0 Å². The lowest BCUT2D eigenvalue weighted by Gasteiger charge is -2.05. The molecule has 0 saturated carbocycles. The van der Waals surface area contributed by atoms with Gasteiger partial charge in [-0.05, 0) is 18.2 Å². The van der Waals surface area contributed by atoms with E-state index in [4.69, 9.17) is 4.74 Å². The quantitative estimate of drug-likeness (QED) is 0.894. The number of nitrogens with one attached hydrogen (secondary N) is 1. The van der Waals surface area contributed by atoms with Crippen molar-refractivity contribution in [3.8, 4) is 17.0 Å². The number of nitrogens with zero attached hydrogens (tertiary/aromatic N) is 2. The van der Waals surface area contributed by atoms with Crippen molar-refractivity contribution in [1.29, 1.82) is 0 Å². The minimum Gasteiger partial charge on any atom is -0.496 e. The Balaban J connectivity index is 2.53. The van der Waals surface area contributed by atoms with Gasteiger partial charge in [0, 0.05) is 10.0 Å². The topological polar surface area (TPSA) is 50.8 Å². The van der Waals surface area contributed by atoms with E-state index < -0.39 is 0 Å². The smallest absolute Gasteiger partial charge is 0.129 e. The Morgan fingerprint density at radius 3 is 2.93 bits per heavy atom. The van der Waals surface area contributed by atoms with Crippen molar-refractivity contribution in [2.24, 2.45) is 0 Å². The van der Waals surface area contributed by atoms with E-state index in [-0.39, 0.29) is 0 Å². The average molecular weight is 254 g/mol. The molecular weight excluding hydrogens is 246 g/mol. The van der Waals surface area contributed by atoms with E-state index in [9.17, 15) is 0 Å². The third kappa shape index (κ3) is 1.63.